The lowest BCUT2D eigenvalue weighted by Gasteiger charge is -2.24. The summed E-state index contributed by atoms with van der Waals surface area (Å²) >= 11 is 0. The van der Waals surface area contributed by atoms with E-state index >= 15 is 0 Å². The van der Waals surface area contributed by atoms with E-state index < -0.39 is 18.0 Å². The van der Waals surface area contributed by atoms with Crippen LogP contribution in [0.1, 0.15) is 11.3 Å². The lowest BCUT2D eigenvalue weighted by Crippen LogP contribution is -2.50. The molecule has 0 spiro atoms. The molecule has 0 aromatic carbocycles. The molecular formula is C10H10F5NO2. The Hall–Kier alpha value is -1.60. The molecule has 1 aromatic heterocycles. The van der Waals surface area contributed by atoms with Crippen LogP contribution in [-0.2, 0) is 11.3 Å². The van der Waals surface area contributed by atoms with E-state index in [1.54, 1.807) is 0 Å². The van der Waals surface area contributed by atoms with Gasteiger partial charge in [-0.15, -0.1) is 0 Å². The normalized spacial score (nSPS) is 12.6. The van der Waals surface area contributed by atoms with Crippen molar-refractivity contribution < 1.29 is 31.2 Å². The molecule has 0 fully saturated rings. The molecule has 0 bridgehead atoms. The second-order valence-corrected chi connectivity index (χ2v) is 3.74. The zero-order chi connectivity index (χ0) is 14.1. The fraction of sp³-hybridized carbons (Fsp3) is 0.500. The van der Waals surface area contributed by atoms with Crippen molar-refractivity contribution in [3.05, 3.63) is 23.7 Å². The number of hydrogen-bond acceptors (Lipinski definition) is 2. The summed E-state index contributed by atoms with van der Waals surface area (Å²) in [5.74, 6) is -7.33. The Balaban J connectivity index is 2.83. The van der Waals surface area contributed by atoms with Crippen LogP contribution in [-0.4, -0.2) is 30.0 Å². The number of amides is 1. The summed E-state index contributed by atoms with van der Waals surface area (Å²) in [6, 6.07) is 1.39. The van der Waals surface area contributed by atoms with E-state index in [0.717, 1.165) is 7.05 Å². The van der Waals surface area contributed by atoms with Gasteiger partial charge in [-0.2, -0.15) is 22.0 Å². The molecule has 0 saturated heterocycles. The van der Waals surface area contributed by atoms with Gasteiger partial charge in [0.15, 0.2) is 0 Å². The highest BCUT2D eigenvalue weighted by molar-refractivity contribution is 5.84. The first-order chi connectivity index (χ1) is 8.07. The first kappa shape index (κ1) is 14.5. The minimum Gasteiger partial charge on any atom is -0.469 e. The second kappa shape index (κ2) is 4.58. The maximum atomic E-state index is 12.8. The molecule has 8 heteroatoms. The summed E-state index contributed by atoms with van der Waals surface area (Å²) in [7, 11) is 0.869. The second-order valence-electron chi connectivity index (χ2n) is 3.74. The minimum atomic E-state index is -5.90. The number of rotatable bonds is 3. The molecule has 3 nitrogen and oxygen atoms in total. The van der Waals surface area contributed by atoms with Crippen molar-refractivity contribution in [1.82, 2.24) is 4.90 Å². The molecule has 102 valence electrons. The first-order valence-electron chi connectivity index (χ1n) is 4.80. The molecule has 1 aromatic rings. The predicted molar refractivity (Wildman–Crippen MR) is 50.9 cm³/mol. The molecule has 0 radical (unpaired) electrons. The lowest BCUT2D eigenvalue weighted by molar-refractivity contribution is -0.274. The van der Waals surface area contributed by atoms with Crippen molar-refractivity contribution in [2.75, 3.05) is 7.05 Å². The van der Waals surface area contributed by atoms with Gasteiger partial charge < -0.3 is 9.32 Å². The maximum absolute atomic E-state index is 12.8. The summed E-state index contributed by atoms with van der Waals surface area (Å²) in [5.41, 5.74) is 0.365. The molecular weight excluding hydrogens is 261 g/mol. The quantitative estimate of drug-likeness (QED) is 0.792. The highest BCUT2D eigenvalue weighted by Crippen LogP contribution is 2.36. The summed E-state index contributed by atoms with van der Waals surface area (Å²) in [4.78, 5) is 11.4. The van der Waals surface area contributed by atoms with Crippen LogP contribution in [0, 0.1) is 6.92 Å². The third-order valence-corrected chi connectivity index (χ3v) is 2.35. The highest BCUT2D eigenvalue weighted by Gasteiger charge is 2.64. The van der Waals surface area contributed by atoms with E-state index in [-0.39, 0.29) is 6.54 Å². The number of carbonyl (C=O) groups excluding carboxylic acids is 1. The maximum Gasteiger partial charge on any atom is 0.463 e. The Labute approximate surface area is 99.2 Å². The number of nitrogens with zero attached hydrogens (tertiary/aromatic N) is 1. The van der Waals surface area contributed by atoms with Crippen LogP contribution in [0.3, 0.4) is 0 Å². The van der Waals surface area contributed by atoms with Crippen LogP contribution >= 0.6 is 0 Å². The van der Waals surface area contributed by atoms with Gasteiger partial charge in [0.1, 0.15) is 5.76 Å². The SMILES string of the molecule is Cc1occc1CN(C)C(=O)C(F)(F)C(F)(F)F. The van der Waals surface area contributed by atoms with Crippen molar-refractivity contribution >= 4 is 5.91 Å². The Morgan fingerprint density at radius 3 is 2.28 bits per heavy atom. The summed E-state index contributed by atoms with van der Waals surface area (Å²) in [6.45, 7) is 1.13. The van der Waals surface area contributed by atoms with Crippen LogP contribution < -0.4 is 0 Å². The summed E-state index contributed by atoms with van der Waals surface area (Å²) < 4.78 is 66.3. The molecule has 0 N–H and O–H groups in total. The molecule has 0 aliphatic rings. The monoisotopic (exact) mass is 271 g/mol. The smallest absolute Gasteiger partial charge is 0.463 e. The van der Waals surface area contributed by atoms with Gasteiger partial charge in [0.25, 0.3) is 0 Å². The van der Waals surface area contributed by atoms with E-state index in [4.69, 9.17) is 4.42 Å². The molecule has 0 unspecified atom stereocenters. The number of alkyl halides is 5. The van der Waals surface area contributed by atoms with Gasteiger partial charge in [0, 0.05) is 19.2 Å². The van der Waals surface area contributed by atoms with Crippen LogP contribution in [0.4, 0.5) is 22.0 Å². The van der Waals surface area contributed by atoms with Crippen LogP contribution in [0.5, 0.6) is 0 Å². The minimum absolute atomic E-state index is 0.311. The molecule has 0 aliphatic heterocycles. The van der Waals surface area contributed by atoms with Gasteiger partial charge in [-0.1, -0.05) is 0 Å². The lowest BCUT2D eigenvalue weighted by atomic mass is 10.2. The topological polar surface area (TPSA) is 33.5 Å². The van der Waals surface area contributed by atoms with E-state index in [2.05, 4.69) is 0 Å². The van der Waals surface area contributed by atoms with Crippen molar-refractivity contribution in [1.29, 1.82) is 0 Å². The van der Waals surface area contributed by atoms with Gasteiger partial charge in [-0.25, -0.2) is 0 Å². The zero-order valence-corrected chi connectivity index (χ0v) is 9.52. The Bertz CT molecular complexity index is 438. The number of halogens is 5. The first-order valence-corrected chi connectivity index (χ1v) is 4.80. The van der Waals surface area contributed by atoms with E-state index in [9.17, 15) is 26.7 Å². The number of carbonyl (C=O) groups is 1. The Morgan fingerprint density at radius 2 is 1.89 bits per heavy atom. The van der Waals surface area contributed by atoms with Crippen LogP contribution in [0.2, 0.25) is 0 Å². The van der Waals surface area contributed by atoms with Crippen LogP contribution in [0.15, 0.2) is 16.7 Å². The molecule has 18 heavy (non-hydrogen) atoms. The molecule has 1 heterocycles. The van der Waals surface area contributed by atoms with Gasteiger partial charge in [0.05, 0.1) is 6.26 Å². The Morgan fingerprint density at radius 1 is 1.33 bits per heavy atom. The van der Waals surface area contributed by atoms with Gasteiger partial charge in [0.2, 0.25) is 0 Å². The average Bonchev–Trinajstić information content (AvgIpc) is 2.61. The average molecular weight is 271 g/mol. The third kappa shape index (κ3) is 2.62. The van der Waals surface area contributed by atoms with Crippen LogP contribution in [0.25, 0.3) is 0 Å². The van der Waals surface area contributed by atoms with Crippen molar-refractivity contribution in [3.8, 4) is 0 Å². The van der Waals surface area contributed by atoms with E-state index in [1.165, 1.54) is 19.3 Å². The molecule has 1 amide bonds. The number of furan rings is 1. The van der Waals surface area contributed by atoms with Gasteiger partial charge in [-0.3, -0.25) is 4.79 Å². The van der Waals surface area contributed by atoms with E-state index in [0.29, 0.717) is 16.2 Å². The fourth-order valence-electron chi connectivity index (χ4n) is 1.26. The van der Waals surface area contributed by atoms with E-state index in [1.807, 2.05) is 0 Å². The van der Waals surface area contributed by atoms with Gasteiger partial charge >= 0.3 is 18.0 Å². The Kier molecular flexibility index (Phi) is 3.68. The van der Waals surface area contributed by atoms with Crippen molar-refractivity contribution in [2.45, 2.75) is 25.6 Å². The standard InChI is InChI=1S/C10H10F5NO2/c1-6-7(3-4-18-6)5-16(2)8(17)9(11,12)10(13,14)15/h3-4H,5H2,1-2H3. The number of aryl methyl sites for hydroxylation is 1. The van der Waals surface area contributed by atoms with Crippen molar-refractivity contribution in [3.63, 3.8) is 0 Å². The summed E-state index contributed by atoms with van der Waals surface area (Å²) in [5, 5.41) is 0. The molecule has 0 saturated carbocycles. The molecule has 0 atom stereocenters. The van der Waals surface area contributed by atoms with Crippen molar-refractivity contribution in [2.24, 2.45) is 0 Å². The largest absolute Gasteiger partial charge is 0.469 e. The number of hydrogen-bond donors (Lipinski definition) is 0. The molecule has 1 rings (SSSR count). The third-order valence-electron chi connectivity index (χ3n) is 2.35. The van der Waals surface area contributed by atoms with Gasteiger partial charge in [-0.05, 0) is 13.0 Å². The molecule has 0 aliphatic carbocycles. The zero-order valence-electron chi connectivity index (χ0n) is 9.52. The highest BCUT2D eigenvalue weighted by atomic mass is 19.4. The summed E-state index contributed by atoms with van der Waals surface area (Å²) in [6.07, 6.45) is -4.64. The predicted octanol–water partition coefficient (Wildman–Crippen LogP) is 2.74. The fourth-order valence-corrected chi connectivity index (χ4v) is 1.26.